The second-order valence-corrected chi connectivity index (χ2v) is 9.04. The number of carbonyl (C=O) groups excluding carboxylic acids is 2. The van der Waals surface area contributed by atoms with Crippen LogP contribution in [0.25, 0.3) is 10.2 Å². The van der Waals surface area contributed by atoms with Crippen LogP contribution in [0.4, 0.5) is 5.13 Å². The highest BCUT2D eigenvalue weighted by molar-refractivity contribution is 7.22. The zero-order valence-electron chi connectivity index (χ0n) is 19.7. The van der Waals surface area contributed by atoms with Gasteiger partial charge in [0.1, 0.15) is 11.3 Å². The van der Waals surface area contributed by atoms with Gasteiger partial charge in [-0.1, -0.05) is 29.5 Å². The summed E-state index contributed by atoms with van der Waals surface area (Å²) in [6, 6.07) is 10.6. The molecule has 0 unspecified atom stereocenters. The minimum absolute atomic E-state index is 0.239. The van der Waals surface area contributed by atoms with E-state index in [1.807, 2.05) is 19.1 Å². The second kappa shape index (κ2) is 10.9. The van der Waals surface area contributed by atoms with Crippen LogP contribution >= 0.6 is 11.3 Å². The van der Waals surface area contributed by atoms with Crippen molar-refractivity contribution in [2.24, 2.45) is 0 Å². The number of methoxy groups -OCH3 is 2. The monoisotopic (exact) mass is 483 g/mol. The Hall–Kier alpha value is -3.01. The molecule has 0 N–H and O–H groups in total. The summed E-state index contributed by atoms with van der Waals surface area (Å²) in [4.78, 5) is 35.0. The molecule has 4 rings (SSSR count). The third-order valence-electron chi connectivity index (χ3n) is 5.91. The molecule has 0 aliphatic carbocycles. The van der Waals surface area contributed by atoms with Crippen molar-refractivity contribution in [2.75, 3.05) is 58.5 Å². The summed E-state index contributed by atoms with van der Waals surface area (Å²) in [6.45, 7) is 6.55. The Morgan fingerprint density at radius 3 is 2.56 bits per heavy atom. The molecule has 0 bridgehead atoms. The molecule has 1 aliphatic heterocycles. The quantitative estimate of drug-likeness (QED) is 0.451. The standard InChI is InChI=1S/C25H29N3O5S/c1-17-9-10-20(31-2)21-22(17)34-25(26-21)28(12-6-11-27-13-15-33-16-14-27)23(29)18-7-4-5-8-19(18)24(30)32-3/h4-5,7-10H,6,11-16H2,1-3H3. The van der Waals surface area contributed by atoms with E-state index >= 15 is 0 Å². The van der Waals surface area contributed by atoms with Gasteiger partial charge in [-0.25, -0.2) is 9.78 Å². The van der Waals surface area contributed by atoms with Gasteiger partial charge in [-0.2, -0.15) is 0 Å². The SMILES string of the molecule is COC(=O)c1ccccc1C(=O)N(CCCN1CCOCC1)c1nc2c(OC)ccc(C)c2s1. The predicted octanol–water partition coefficient (Wildman–Crippen LogP) is 3.77. The highest BCUT2D eigenvalue weighted by Crippen LogP contribution is 2.37. The van der Waals surface area contributed by atoms with Gasteiger partial charge < -0.3 is 14.2 Å². The van der Waals surface area contributed by atoms with Crippen molar-refractivity contribution >= 4 is 38.6 Å². The van der Waals surface area contributed by atoms with Crippen LogP contribution in [0.15, 0.2) is 36.4 Å². The zero-order valence-corrected chi connectivity index (χ0v) is 20.5. The number of ether oxygens (including phenoxy) is 3. The molecule has 0 atom stereocenters. The van der Waals surface area contributed by atoms with E-state index in [2.05, 4.69) is 4.90 Å². The first-order valence-corrected chi connectivity index (χ1v) is 12.1. The maximum atomic E-state index is 13.8. The number of hydrogen-bond acceptors (Lipinski definition) is 8. The van der Waals surface area contributed by atoms with Crippen molar-refractivity contribution in [3.63, 3.8) is 0 Å². The lowest BCUT2D eigenvalue weighted by molar-refractivity contribution is 0.0376. The summed E-state index contributed by atoms with van der Waals surface area (Å²) in [5.41, 5.74) is 2.33. The number of aryl methyl sites for hydroxylation is 1. The largest absolute Gasteiger partial charge is 0.494 e. The third kappa shape index (κ3) is 5.06. The number of thiazole rings is 1. The average molecular weight is 484 g/mol. The van der Waals surface area contributed by atoms with Gasteiger partial charge >= 0.3 is 5.97 Å². The Labute approximate surface area is 203 Å². The van der Waals surface area contributed by atoms with Crippen molar-refractivity contribution in [3.05, 3.63) is 53.1 Å². The number of rotatable bonds is 8. The number of hydrogen-bond donors (Lipinski definition) is 0. The van der Waals surface area contributed by atoms with Crippen molar-refractivity contribution in [1.29, 1.82) is 0 Å². The number of carbonyl (C=O) groups is 2. The molecule has 8 nitrogen and oxygen atoms in total. The van der Waals surface area contributed by atoms with Crippen LogP contribution in [-0.4, -0.2) is 75.4 Å². The third-order valence-corrected chi connectivity index (χ3v) is 7.12. The Morgan fingerprint density at radius 2 is 1.85 bits per heavy atom. The molecule has 1 aromatic heterocycles. The minimum atomic E-state index is -0.543. The van der Waals surface area contributed by atoms with Crippen molar-refractivity contribution < 1.29 is 23.8 Å². The van der Waals surface area contributed by atoms with Gasteiger partial charge in [0, 0.05) is 26.2 Å². The Bertz CT molecular complexity index is 1170. The Kier molecular flexibility index (Phi) is 7.77. The van der Waals surface area contributed by atoms with Crippen LogP contribution < -0.4 is 9.64 Å². The number of benzene rings is 2. The van der Waals surface area contributed by atoms with Crippen LogP contribution in [0.3, 0.4) is 0 Å². The Morgan fingerprint density at radius 1 is 1.12 bits per heavy atom. The summed E-state index contributed by atoms with van der Waals surface area (Å²) in [5, 5.41) is 0.578. The molecule has 1 amide bonds. The average Bonchev–Trinajstić information content (AvgIpc) is 3.33. The molecule has 9 heteroatoms. The van der Waals surface area contributed by atoms with Gasteiger partial charge in [0.05, 0.1) is 43.3 Å². The van der Waals surface area contributed by atoms with E-state index in [0.29, 0.717) is 23.0 Å². The van der Waals surface area contributed by atoms with Gasteiger partial charge in [0.2, 0.25) is 0 Å². The lowest BCUT2D eigenvalue weighted by atomic mass is 10.1. The topological polar surface area (TPSA) is 81.2 Å². The van der Waals surface area contributed by atoms with E-state index in [-0.39, 0.29) is 11.5 Å². The smallest absolute Gasteiger partial charge is 0.338 e. The van der Waals surface area contributed by atoms with E-state index in [4.69, 9.17) is 19.2 Å². The summed E-state index contributed by atoms with van der Waals surface area (Å²) < 4.78 is 16.8. The predicted molar refractivity (Wildman–Crippen MR) is 132 cm³/mol. The summed E-state index contributed by atoms with van der Waals surface area (Å²) in [6.07, 6.45) is 0.762. The Balaban J connectivity index is 1.69. The molecule has 34 heavy (non-hydrogen) atoms. The molecule has 3 aromatic rings. The molecule has 1 saturated heterocycles. The number of nitrogens with zero attached hydrogens (tertiary/aromatic N) is 3. The van der Waals surface area contributed by atoms with Gasteiger partial charge in [-0.3, -0.25) is 14.6 Å². The number of esters is 1. The van der Waals surface area contributed by atoms with Crippen LogP contribution in [0.5, 0.6) is 5.75 Å². The van der Waals surface area contributed by atoms with Crippen LogP contribution in [0.1, 0.15) is 32.7 Å². The molecule has 0 spiro atoms. The normalized spacial score (nSPS) is 14.2. The van der Waals surface area contributed by atoms with E-state index in [9.17, 15) is 9.59 Å². The van der Waals surface area contributed by atoms with E-state index < -0.39 is 5.97 Å². The lowest BCUT2D eigenvalue weighted by Crippen LogP contribution is -2.39. The number of morpholine rings is 1. The van der Waals surface area contributed by atoms with Gasteiger partial charge in [0.25, 0.3) is 5.91 Å². The molecule has 180 valence electrons. The highest BCUT2D eigenvalue weighted by Gasteiger charge is 2.26. The number of amides is 1. The number of aromatic nitrogens is 1. The lowest BCUT2D eigenvalue weighted by Gasteiger charge is -2.28. The molecule has 2 heterocycles. The molecule has 0 radical (unpaired) electrons. The summed E-state index contributed by atoms with van der Waals surface area (Å²) >= 11 is 1.45. The van der Waals surface area contributed by atoms with E-state index in [0.717, 1.165) is 55.0 Å². The zero-order chi connectivity index (χ0) is 24.1. The molecular weight excluding hydrogens is 454 g/mol. The summed E-state index contributed by atoms with van der Waals surface area (Å²) in [7, 11) is 2.92. The maximum Gasteiger partial charge on any atom is 0.338 e. The highest BCUT2D eigenvalue weighted by atomic mass is 32.1. The van der Waals surface area contributed by atoms with Crippen LogP contribution in [0.2, 0.25) is 0 Å². The molecular formula is C25H29N3O5S. The fourth-order valence-corrected chi connectivity index (χ4v) is 5.12. The molecule has 0 saturated carbocycles. The van der Waals surface area contributed by atoms with E-state index in [1.54, 1.807) is 36.3 Å². The molecule has 1 fully saturated rings. The minimum Gasteiger partial charge on any atom is -0.494 e. The second-order valence-electron chi connectivity index (χ2n) is 8.06. The first kappa shape index (κ1) is 24.1. The van der Waals surface area contributed by atoms with Crippen molar-refractivity contribution in [3.8, 4) is 5.75 Å². The first-order valence-electron chi connectivity index (χ1n) is 11.3. The van der Waals surface area contributed by atoms with Crippen LogP contribution in [-0.2, 0) is 9.47 Å². The number of anilines is 1. The van der Waals surface area contributed by atoms with Gasteiger partial charge in [0.15, 0.2) is 5.13 Å². The molecule has 1 aliphatic rings. The van der Waals surface area contributed by atoms with Crippen molar-refractivity contribution in [1.82, 2.24) is 9.88 Å². The first-order chi connectivity index (χ1) is 16.5. The van der Waals surface area contributed by atoms with Gasteiger partial charge in [-0.05, 0) is 37.1 Å². The molecule has 2 aromatic carbocycles. The fourth-order valence-electron chi connectivity index (χ4n) is 4.04. The van der Waals surface area contributed by atoms with E-state index in [1.165, 1.54) is 18.4 Å². The number of fused-ring (bicyclic) bond motifs is 1. The fraction of sp³-hybridized carbons (Fsp3) is 0.400. The van der Waals surface area contributed by atoms with Gasteiger partial charge in [-0.15, -0.1) is 0 Å². The van der Waals surface area contributed by atoms with Crippen molar-refractivity contribution in [2.45, 2.75) is 13.3 Å². The summed E-state index contributed by atoms with van der Waals surface area (Å²) in [5.74, 6) is -0.156. The maximum absolute atomic E-state index is 13.8. The van der Waals surface area contributed by atoms with Crippen LogP contribution in [0, 0.1) is 6.92 Å².